The van der Waals surface area contributed by atoms with Gasteiger partial charge in [-0.3, -0.25) is 4.79 Å². The molecule has 0 atom stereocenters. The summed E-state index contributed by atoms with van der Waals surface area (Å²) in [5.74, 6) is 1.41. The van der Waals surface area contributed by atoms with E-state index in [1.807, 2.05) is 13.8 Å². The molecule has 1 aromatic carbocycles. The number of rotatable bonds is 6. The quantitative estimate of drug-likeness (QED) is 0.714. The van der Waals surface area contributed by atoms with Crippen molar-refractivity contribution in [3.05, 3.63) is 59.0 Å². The lowest BCUT2D eigenvalue weighted by molar-refractivity contribution is 0.102. The number of benzene rings is 1. The van der Waals surface area contributed by atoms with Crippen LogP contribution < -0.4 is 10.1 Å². The summed E-state index contributed by atoms with van der Waals surface area (Å²) in [6.07, 6.45) is 1.47. The van der Waals surface area contributed by atoms with E-state index in [-0.39, 0.29) is 18.6 Å². The molecular weight excluding hydrogens is 356 g/mol. The van der Waals surface area contributed by atoms with Crippen LogP contribution in [0.5, 0.6) is 5.75 Å². The van der Waals surface area contributed by atoms with Gasteiger partial charge in [-0.25, -0.2) is 9.67 Å². The predicted molar refractivity (Wildman–Crippen MR) is 96.2 cm³/mol. The first-order chi connectivity index (χ1) is 12.5. The van der Waals surface area contributed by atoms with Crippen molar-refractivity contribution < 1.29 is 9.53 Å². The van der Waals surface area contributed by atoms with Gasteiger partial charge in [0.25, 0.3) is 5.91 Å². The van der Waals surface area contributed by atoms with Crippen molar-refractivity contribution in [1.29, 1.82) is 0 Å². The summed E-state index contributed by atoms with van der Waals surface area (Å²) in [6, 6.07) is 10.2. The first-order valence-corrected chi connectivity index (χ1v) is 8.33. The van der Waals surface area contributed by atoms with Gasteiger partial charge in [-0.05, 0) is 60.7 Å². The molecule has 0 radical (unpaired) electrons. The molecule has 2 heterocycles. The Labute approximate surface area is 155 Å². The number of nitrogens with one attached hydrogen (secondary N) is 1. The Kier molecular flexibility index (Phi) is 5.43. The van der Waals surface area contributed by atoms with E-state index in [2.05, 4.69) is 25.8 Å². The van der Waals surface area contributed by atoms with Crippen LogP contribution in [-0.4, -0.2) is 31.1 Å². The molecule has 1 amide bonds. The van der Waals surface area contributed by atoms with Gasteiger partial charge in [-0.15, -0.1) is 5.10 Å². The number of halogens is 1. The fourth-order valence-electron chi connectivity index (χ4n) is 2.20. The SMILES string of the molecule is CC(C)n1nnnc1COc1ccc(C(=O)Nc2ccc(Cl)cn2)cc1. The molecule has 0 aliphatic rings. The van der Waals surface area contributed by atoms with Crippen LogP contribution >= 0.6 is 11.6 Å². The third-order valence-electron chi connectivity index (χ3n) is 3.50. The number of ether oxygens (including phenoxy) is 1. The number of pyridine rings is 1. The highest BCUT2D eigenvalue weighted by molar-refractivity contribution is 6.30. The summed E-state index contributed by atoms with van der Waals surface area (Å²) in [6.45, 7) is 4.22. The van der Waals surface area contributed by atoms with Crippen molar-refractivity contribution in [3.8, 4) is 5.75 Å². The third kappa shape index (κ3) is 4.34. The largest absolute Gasteiger partial charge is 0.486 e. The molecule has 0 spiro atoms. The van der Waals surface area contributed by atoms with E-state index in [1.165, 1.54) is 6.20 Å². The van der Waals surface area contributed by atoms with E-state index in [0.717, 1.165) is 0 Å². The van der Waals surface area contributed by atoms with Crippen LogP contribution in [0.25, 0.3) is 0 Å². The number of carbonyl (C=O) groups is 1. The zero-order valence-electron chi connectivity index (χ0n) is 14.3. The molecule has 3 rings (SSSR count). The van der Waals surface area contributed by atoms with E-state index in [1.54, 1.807) is 41.1 Å². The van der Waals surface area contributed by atoms with Crippen molar-refractivity contribution in [1.82, 2.24) is 25.2 Å². The average Bonchev–Trinajstić information content (AvgIpc) is 3.11. The minimum atomic E-state index is -0.268. The maximum absolute atomic E-state index is 12.2. The van der Waals surface area contributed by atoms with Crippen LogP contribution in [0.15, 0.2) is 42.6 Å². The summed E-state index contributed by atoms with van der Waals surface area (Å²) in [7, 11) is 0. The van der Waals surface area contributed by atoms with Gasteiger partial charge >= 0.3 is 0 Å². The van der Waals surface area contributed by atoms with E-state index < -0.39 is 0 Å². The molecule has 134 valence electrons. The van der Waals surface area contributed by atoms with Gasteiger partial charge in [0.05, 0.1) is 11.1 Å². The molecule has 0 saturated carbocycles. The summed E-state index contributed by atoms with van der Waals surface area (Å²) < 4.78 is 7.38. The van der Waals surface area contributed by atoms with E-state index in [4.69, 9.17) is 16.3 Å². The number of aromatic nitrogens is 5. The van der Waals surface area contributed by atoms with Gasteiger partial charge in [0.15, 0.2) is 5.82 Å². The second-order valence-corrected chi connectivity index (χ2v) is 6.20. The Balaban J connectivity index is 1.60. The second-order valence-electron chi connectivity index (χ2n) is 5.76. The van der Waals surface area contributed by atoms with Crippen molar-refractivity contribution in [2.45, 2.75) is 26.5 Å². The number of hydrogen-bond acceptors (Lipinski definition) is 6. The fourth-order valence-corrected chi connectivity index (χ4v) is 2.31. The zero-order chi connectivity index (χ0) is 18.5. The average molecular weight is 373 g/mol. The van der Waals surface area contributed by atoms with Crippen LogP contribution in [-0.2, 0) is 6.61 Å². The third-order valence-corrected chi connectivity index (χ3v) is 3.73. The number of hydrogen-bond donors (Lipinski definition) is 1. The smallest absolute Gasteiger partial charge is 0.256 e. The van der Waals surface area contributed by atoms with Gasteiger partial charge in [-0.2, -0.15) is 0 Å². The van der Waals surface area contributed by atoms with E-state index >= 15 is 0 Å². The first kappa shape index (κ1) is 17.8. The van der Waals surface area contributed by atoms with Gasteiger partial charge in [0.1, 0.15) is 18.2 Å². The normalized spacial score (nSPS) is 10.8. The molecule has 0 fully saturated rings. The number of carbonyl (C=O) groups excluding carboxylic acids is 1. The number of anilines is 1. The Bertz CT molecular complexity index is 877. The lowest BCUT2D eigenvalue weighted by Gasteiger charge is -2.09. The van der Waals surface area contributed by atoms with Crippen molar-refractivity contribution in [2.75, 3.05) is 5.32 Å². The molecule has 0 saturated heterocycles. The number of tetrazole rings is 1. The van der Waals surface area contributed by atoms with Crippen molar-refractivity contribution >= 4 is 23.3 Å². The lowest BCUT2D eigenvalue weighted by atomic mass is 10.2. The molecular formula is C17H17ClN6O2. The Hall–Kier alpha value is -3.00. The van der Waals surface area contributed by atoms with Crippen LogP contribution in [0.2, 0.25) is 5.02 Å². The standard InChI is InChI=1S/C17H17ClN6O2/c1-11(2)24-16(21-22-23-24)10-26-14-6-3-12(4-7-14)17(25)20-15-8-5-13(18)9-19-15/h3-9,11H,10H2,1-2H3,(H,19,20,25). The van der Waals surface area contributed by atoms with Crippen molar-refractivity contribution in [2.24, 2.45) is 0 Å². The second kappa shape index (κ2) is 7.92. The highest BCUT2D eigenvalue weighted by Gasteiger charge is 2.11. The van der Waals surface area contributed by atoms with Crippen LogP contribution in [0, 0.1) is 0 Å². The first-order valence-electron chi connectivity index (χ1n) is 7.95. The van der Waals surface area contributed by atoms with Crippen LogP contribution in [0.4, 0.5) is 5.82 Å². The summed E-state index contributed by atoms with van der Waals surface area (Å²) in [5, 5.41) is 14.7. The Morgan fingerprint density at radius 3 is 2.65 bits per heavy atom. The lowest BCUT2D eigenvalue weighted by Crippen LogP contribution is -2.13. The van der Waals surface area contributed by atoms with E-state index in [0.29, 0.717) is 28.0 Å². The van der Waals surface area contributed by atoms with Gasteiger partial charge in [0, 0.05) is 11.8 Å². The topological polar surface area (TPSA) is 94.8 Å². The molecule has 2 aromatic heterocycles. The molecule has 3 aromatic rings. The molecule has 0 aliphatic heterocycles. The van der Waals surface area contributed by atoms with Gasteiger partial charge in [-0.1, -0.05) is 11.6 Å². The van der Waals surface area contributed by atoms with Crippen molar-refractivity contribution in [3.63, 3.8) is 0 Å². The molecule has 0 unspecified atom stereocenters. The highest BCUT2D eigenvalue weighted by atomic mass is 35.5. The van der Waals surface area contributed by atoms with Crippen LogP contribution in [0.3, 0.4) is 0 Å². The van der Waals surface area contributed by atoms with E-state index in [9.17, 15) is 4.79 Å². The fraction of sp³-hybridized carbons (Fsp3) is 0.235. The molecule has 0 aliphatic carbocycles. The molecule has 26 heavy (non-hydrogen) atoms. The monoisotopic (exact) mass is 372 g/mol. The molecule has 9 heteroatoms. The maximum Gasteiger partial charge on any atom is 0.256 e. The number of nitrogens with zero attached hydrogens (tertiary/aromatic N) is 5. The highest BCUT2D eigenvalue weighted by Crippen LogP contribution is 2.16. The number of amides is 1. The molecule has 8 nitrogen and oxygen atoms in total. The summed E-state index contributed by atoms with van der Waals surface area (Å²) >= 11 is 5.77. The summed E-state index contributed by atoms with van der Waals surface area (Å²) in [5.41, 5.74) is 0.487. The minimum Gasteiger partial charge on any atom is -0.486 e. The van der Waals surface area contributed by atoms with Gasteiger partial charge < -0.3 is 10.1 Å². The zero-order valence-corrected chi connectivity index (χ0v) is 15.0. The predicted octanol–water partition coefficient (Wildman–Crippen LogP) is 3.13. The Morgan fingerprint density at radius 2 is 2.00 bits per heavy atom. The summed E-state index contributed by atoms with van der Waals surface area (Å²) in [4.78, 5) is 16.3. The van der Waals surface area contributed by atoms with Gasteiger partial charge in [0.2, 0.25) is 0 Å². The maximum atomic E-state index is 12.2. The van der Waals surface area contributed by atoms with Crippen LogP contribution in [0.1, 0.15) is 36.1 Å². The Morgan fingerprint density at radius 1 is 1.23 bits per heavy atom. The molecule has 0 bridgehead atoms. The molecule has 1 N–H and O–H groups in total. The minimum absolute atomic E-state index is 0.149.